The lowest BCUT2D eigenvalue weighted by Gasteiger charge is -2.28. The summed E-state index contributed by atoms with van der Waals surface area (Å²) in [6.45, 7) is 0. The fourth-order valence-electron chi connectivity index (χ4n) is 2.53. The summed E-state index contributed by atoms with van der Waals surface area (Å²) in [5.41, 5.74) is 4.66. The van der Waals surface area contributed by atoms with E-state index >= 15 is 0 Å². The van der Waals surface area contributed by atoms with Crippen molar-refractivity contribution in [3.8, 4) is 0 Å². The van der Waals surface area contributed by atoms with Crippen molar-refractivity contribution in [3.05, 3.63) is 59.5 Å². The van der Waals surface area contributed by atoms with Gasteiger partial charge in [-0.05, 0) is 29.7 Å². The van der Waals surface area contributed by atoms with Gasteiger partial charge in [0.2, 0.25) is 0 Å². The standard InChI is InChI=1S/C14H11N3/c1-2-5-10-9(4-1)8-11(10)13-16-12-6-3-7-15-14(12)17-13/h1-7,11H,8H2,(H,15,16,17). The molecular weight excluding hydrogens is 210 g/mol. The highest BCUT2D eigenvalue weighted by Gasteiger charge is 2.29. The van der Waals surface area contributed by atoms with Gasteiger partial charge in [-0.1, -0.05) is 24.3 Å². The quantitative estimate of drug-likeness (QED) is 0.686. The van der Waals surface area contributed by atoms with Gasteiger partial charge in [-0.2, -0.15) is 0 Å². The van der Waals surface area contributed by atoms with Crippen molar-refractivity contribution in [1.29, 1.82) is 0 Å². The highest BCUT2D eigenvalue weighted by molar-refractivity contribution is 5.70. The van der Waals surface area contributed by atoms with E-state index in [1.165, 1.54) is 11.1 Å². The molecule has 1 N–H and O–H groups in total. The number of rotatable bonds is 1. The molecular formula is C14H11N3. The van der Waals surface area contributed by atoms with Crippen LogP contribution in [0, 0.1) is 0 Å². The molecule has 2 aromatic heterocycles. The summed E-state index contributed by atoms with van der Waals surface area (Å²) < 4.78 is 0. The van der Waals surface area contributed by atoms with Crippen molar-refractivity contribution in [2.75, 3.05) is 0 Å². The molecule has 0 fully saturated rings. The smallest absolute Gasteiger partial charge is 0.177 e. The maximum atomic E-state index is 4.57. The topological polar surface area (TPSA) is 41.6 Å². The minimum absolute atomic E-state index is 0.417. The summed E-state index contributed by atoms with van der Waals surface area (Å²) in [4.78, 5) is 12.2. The average molecular weight is 221 g/mol. The Bertz CT molecular complexity index is 666. The molecule has 0 aliphatic heterocycles. The highest BCUT2D eigenvalue weighted by Crippen LogP contribution is 2.38. The Morgan fingerprint density at radius 3 is 2.94 bits per heavy atom. The van der Waals surface area contributed by atoms with Crippen molar-refractivity contribution < 1.29 is 0 Å². The molecule has 2 heterocycles. The summed E-state index contributed by atoms with van der Waals surface area (Å²) in [6.07, 6.45) is 2.86. The predicted octanol–water partition coefficient (Wildman–Crippen LogP) is 2.65. The lowest BCUT2D eigenvalue weighted by atomic mass is 9.77. The number of benzene rings is 1. The minimum Gasteiger partial charge on any atom is -0.340 e. The second-order valence-electron chi connectivity index (χ2n) is 4.45. The molecule has 3 aromatic rings. The molecule has 17 heavy (non-hydrogen) atoms. The van der Waals surface area contributed by atoms with E-state index in [2.05, 4.69) is 39.2 Å². The molecule has 1 aromatic carbocycles. The van der Waals surface area contributed by atoms with Crippen molar-refractivity contribution in [3.63, 3.8) is 0 Å². The zero-order chi connectivity index (χ0) is 11.2. The molecule has 0 radical (unpaired) electrons. The van der Waals surface area contributed by atoms with Gasteiger partial charge in [0.1, 0.15) is 5.82 Å². The normalized spacial score (nSPS) is 17.8. The largest absolute Gasteiger partial charge is 0.340 e. The van der Waals surface area contributed by atoms with Crippen LogP contribution >= 0.6 is 0 Å². The monoisotopic (exact) mass is 221 g/mol. The van der Waals surface area contributed by atoms with Gasteiger partial charge in [-0.15, -0.1) is 0 Å². The summed E-state index contributed by atoms with van der Waals surface area (Å²) in [7, 11) is 0. The number of hydrogen-bond acceptors (Lipinski definition) is 2. The van der Waals surface area contributed by atoms with Gasteiger partial charge in [0.05, 0.1) is 5.52 Å². The van der Waals surface area contributed by atoms with Crippen LogP contribution in [0.5, 0.6) is 0 Å². The molecule has 1 atom stereocenters. The summed E-state index contributed by atoms with van der Waals surface area (Å²) >= 11 is 0. The molecule has 1 aliphatic carbocycles. The lowest BCUT2D eigenvalue weighted by Crippen LogP contribution is -2.19. The fraction of sp³-hybridized carbons (Fsp3) is 0.143. The Labute approximate surface area is 98.5 Å². The second-order valence-corrected chi connectivity index (χ2v) is 4.45. The zero-order valence-electron chi connectivity index (χ0n) is 9.22. The van der Waals surface area contributed by atoms with Crippen LogP contribution in [0.4, 0.5) is 0 Å². The van der Waals surface area contributed by atoms with Crippen molar-refractivity contribution in [1.82, 2.24) is 15.0 Å². The van der Waals surface area contributed by atoms with Gasteiger partial charge >= 0.3 is 0 Å². The van der Waals surface area contributed by atoms with Gasteiger partial charge in [0, 0.05) is 12.1 Å². The van der Waals surface area contributed by atoms with Gasteiger partial charge in [0.15, 0.2) is 5.65 Å². The van der Waals surface area contributed by atoms with E-state index in [-0.39, 0.29) is 0 Å². The van der Waals surface area contributed by atoms with E-state index in [1.54, 1.807) is 6.20 Å². The molecule has 82 valence electrons. The molecule has 3 heteroatoms. The van der Waals surface area contributed by atoms with Crippen LogP contribution in [0.2, 0.25) is 0 Å². The van der Waals surface area contributed by atoms with Gasteiger partial charge in [-0.3, -0.25) is 0 Å². The van der Waals surface area contributed by atoms with Crippen LogP contribution in [0.1, 0.15) is 22.9 Å². The first kappa shape index (κ1) is 8.93. The van der Waals surface area contributed by atoms with Gasteiger partial charge in [0.25, 0.3) is 0 Å². The van der Waals surface area contributed by atoms with Gasteiger partial charge < -0.3 is 4.98 Å². The van der Waals surface area contributed by atoms with Crippen LogP contribution in [0.3, 0.4) is 0 Å². The Hall–Kier alpha value is -2.16. The predicted molar refractivity (Wildman–Crippen MR) is 65.9 cm³/mol. The molecule has 3 nitrogen and oxygen atoms in total. The van der Waals surface area contributed by atoms with E-state index < -0.39 is 0 Å². The zero-order valence-corrected chi connectivity index (χ0v) is 9.22. The second kappa shape index (κ2) is 3.17. The van der Waals surface area contributed by atoms with Gasteiger partial charge in [-0.25, -0.2) is 9.97 Å². The summed E-state index contributed by atoms with van der Waals surface area (Å²) in [6, 6.07) is 12.5. The minimum atomic E-state index is 0.417. The maximum absolute atomic E-state index is 4.57. The SMILES string of the molecule is c1ccc2c(c1)CC2c1nc2ncccc2[nH]1. The van der Waals surface area contributed by atoms with E-state index in [9.17, 15) is 0 Å². The number of aromatic amines is 1. The highest BCUT2D eigenvalue weighted by atomic mass is 15.0. The van der Waals surface area contributed by atoms with E-state index in [1.807, 2.05) is 12.1 Å². The molecule has 0 saturated carbocycles. The van der Waals surface area contributed by atoms with Crippen molar-refractivity contribution in [2.24, 2.45) is 0 Å². The molecule has 0 spiro atoms. The molecule has 1 unspecified atom stereocenters. The first-order chi connectivity index (χ1) is 8.42. The summed E-state index contributed by atoms with van der Waals surface area (Å²) in [5, 5.41) is 0. The van der Waals surface area contributed by atoms with Crippen LogP contribution in [-0.2, 0) is 6.42 Å². The number of imidazole rings is 1. The Kier molecular flexibility index (Phi) is 1.66. The third-order valence-corrected chi connectivity index (χ3v) is 3.46. The van der Waals surface area contributed by atoms with E-state index in [0.29, 0.717) is 5.92 Å². The number of H-pyrrole nitrogens is 1. The number of fused-ring (bicyclic) bond motifs is 2. The van der Waals surface area contributed by atoms with Crippen LogP contribution in [-0.4, -0.2) is 15.0 Å². The number of nitrogens with one attached hydrogen (secondary N) is 1. The number of nitrogens with zero attached hydrogens (tertiary/aromatic N) is 2. The maximum Gasteiger partial charge on any atom is 0.177 e. The number of aromatic nitrogens is 3. The van der Waals surface area contributed by atoms with Crippen LogP contribution in [0.25, 0.3) is 11.2 Å². The molecule has 1 aliphatic rings. The molecule has 0 amide bonds. The first-order valence-corrected chi connectivity index (χ1v) is 5.80. The van der Waals surface area contributed by atoms with E-state index in [4.69, 9.17) is 0 Å². The summed E-state index contributed by atoms with van der Waals surface area (Å²) in [5.74, 6) is 1.46. The average Bonchev–Trinajstić information content (AvgIpc) is 2.73. The Morgan fingerprint density at radius 1 is 1.12 bits per heavy atom. The van der Waals surface area contributed by atoms with Crippen molar-refractivity contribution in [2.45, 2.75) is 12.3 Å². The number of hydrogen-bond donors (Lipinski definition) is 1. The third kappa shape index (κ3) is 1.22. The first-order valence-electron chi connectivity index (χ1n) is 5.80. The van der Waals surface area contributed by atoms with Crippen LogP contribution in [0.15, 0.2) is 42.6 Å². The Balaban J connectivity index is 1.82. The fourth-order valence-corrected chi connectivity index (χ4v) is 2.53. The van der Waals surface area contributed by atoms with Crippen molar-refractivity contribution >= 4 is 11.2 Å². The molecule has 0 saturated heterocycles. The lowest BCUT2D eigenvalue weighted by molar-refractivity contribution is 0.671. The molecule has 4 rings (SSSR count). The number of pyridine rings is 1. The molecule has 0 bridgehead atoms. The van der Waals surface area contributed by atoms with E-state index in [0.717, 1.165) is 23.4 Å². The third-order valence-electron chi connectivity index (χ3n) is 3.46. The van der Waals surface area contributed by atoms with Crippen LogP contribution < -0.4 is 0 Å². The Morgan fingerprint density at radius 2 is 2.06 bits per heavy atom.